The molecule has 2 aromatic heterocycles. The van der Waals surface area contributed by atoms with Gasteiger partial charge in [0, 0.05) is 24.5 Å². The van der Waals surface area contributed by atoms with Crippen LogP contribution in [-0.2, 0) is 0 Å². The molecule has 2 aliphatic heterocycles. The molecule has 24 heavy (non-hydrogen) atoms. The van der Waals surface area contributed by atoms with E-state index >= 15 is 0 Å². The average molecular weight is 327 g/mol. The van der Waals surface area contributed by atoms with Crippen LogP contribution >= 0.6 is 0 Å². The molecular weight excluding hydrogens is 302 g/mol. The quantitative estimate of drug-likeness (QED) is 0.866. The van der Waals surface area contributed by atoms with Crippen molar-refractivity contribution in [1.29, 1.82) is 0 Å². The molecule has 6 nitrogen and oxygen atoms in total. The van der Waals surface area contributed by atoms with Crippen LogP contribution in [0.3, 0.4) is 0 Å². The van der Waals surface area contributed by atoms with E-state index in [0.717, 1.165) is 67.9 Å². The smallest absolute Gasteiger partial charge is 0.259 e. The standard InChI is InChI=1S/C18H25N5O/c1-11-8-12(2)23-17(20-11)16(13(3)21-23)18(24)22-6-4-14-9-19-10-15(14)5-7-22/h8,14-15,19H,4-7,9-10H2,1-3H3/t14-,15+. The fourth-order valence-electron chi connectivity index (χ4n) is 4.26. The highest BCUT2D eigenvalue weighted by molar-refractivity contribution is 6.01. The van der Waals surface area contributed by atoms with Crippen molar-refractivity contribution in [2.45, 2.75) is 33.6 Å². The zero-order valence-corrected chi connectivity index (χ0v) is 14.7. The molecule has 0 bridgehead atoms. The first-order valence-electron chi connectivity index (χ1n) is 8.88. The van der Waals surface area contributed by atoms with Gasteiger partial charge in [0.2, 0.25) is 0 Å². The topological polar surface area (TPSA) is 62.5 Å². The highest BCUT2D eigenvalue weighted by Gasteiger charge is 2.33. The summed E-state index contributed by atoms with van der Waals surface area (Å²) in [5.41, 5.74) is 4.07. The van der Waals surface area contributed by atoms with Gasteiger partial charge in [-0.15, -0.1) is 0 Å². The van der Waals surface area contributed by atoms with Crippen LogP contribution in [-0.4, -0.2) is 51.6 Å². The Hall–Kier alpha value is -1.95. The van der Waals surface area contributed by atoms with Crippen molar-refractivity contribution in [3.63, 3.8) is 0 Å². The number of amides is 1. The average Bonchev–Trinajstić information content (AvgIpc) is 3.05. The zero-order chi connectivity index (χ0) is 16.8. The number of fused-ring (bicyclic) bond motifs is 2. The van der Waals surface area contributed by atoms with Gasteiger partial charge in [-0.3, -0.25) is 4.79 Å². The molecule has 0 saturated carbocycles. The second kappa shape index (κ2) is 5.84. The molecule has 4 heterocycles. The van der Waals surface area contributed by atoms with Gasteiger partial charge in [0.15, 0.2) is 5.65 Å². The first-order valence-corrected chi connectivity index (χ1v) is 8.88. The van der Waals surface area contributed by atoms with Crippen molar-refractivity contribution in [3.05, 3.63) is 28.7 Å². The number of carbonyl (C=O) groups excluding carboxylic acids is 1. The number of likely N-dealkylation sites (tertiary alicyclic amines) is 1. The molecule has 2 saturated heterocycles. The Balaban J connectivity index is 1.67. The van der Waals surface area contributed by atoms with Crippen LogP contribution in [0.25, 0.3) is 5.65 Å². The molecule has 2 atom stereocenters. The maximum atomic E-state index is 13.2. The number of aromatic nitrogens is 3. The minimum absolute atomic E-state index is 0.0907. The van der Waals surface area contributed by atoms with E-state index in [1.54, 1.807) is 4.52 Å². The van der Waals surface area contributed by atoms with Crippen LogP contribution in [0.4, 0.5) is 0 Å². The van der Waals surface area contributed by atoms with E-state index < -0.39 is 0 Å². The fourth-order valence-corrected chi connectivity index (χ4v) is 4.26. The Bertz CT molecular complexity index is 782. The van der Waals surface area contributed by atoms with Gasteiger partial charge < -0.3 is 10.2 Å². The number of nitrogens with one attached hydrogen (secondary N) is 1. The zero-order valence-electron chi connectivity index (χ0n) is 14.7. The summed E-state index contributed by atoms with van der Waals surface area (Å²) in [6.45, 7) is 9.75. The van der Waals surface area contributed by atoms with Crippen molar-refractivity contribution in [2.24, 2.45) is 11.8 Å². The van der Waals surface area contributed by atoms with Crippen molar-refractivity contribution < 1.29 is 4.79 Å². The summed E-state index contributed by atoms with van der Waals surface area (Å²) in [5.74, 6) is 1.53. The van der Waals surface area contributed by atoms with E-state index in [1.165, 1.54) is 0 Å². The molecule has 2 fully saturated rings. The molecule has 128 valence electrons. The van der Waals surface area contributed by atoms with E-state index in [0.29, 0.717) is 11.2 Å². The van der Waals surface area contributed by atoms with Gasteiger partial charge in [0.25, 0.3) is 5.91 Å². The van der Waals surface area contributed by atoms with Gasteiger partial charge in [-0.25, -0.2) is 9.50 Å². The van der Waals surface area contributed by atoms with Crippen LogP contribution < -0.4 is 5.32 Å². The molecule has 0 unspecified atom stereocenters. The normalized spacial score (nSPS) is 24.2. The van der Waals surface area contributed by atoms with Gasteiger partial charge in [0.05, 0.1) is 5.69 Å². The van der Waals surface area contributed by atoms with E-state index in [1.807, 2.05) is 31.7 Å². The number of carbonyl (C=O) groups is 1. The lowest BCUT2D eigenvalue weighted by molar-refractivity contribution is 0.0759. The summed E-state index contributed by atoms with van der Waals surface area (Å²) in [5, 5.41) is 8.03. The molecule has 2 aliphatic rings. The number of rotatable bonds is 1. The Labute approximate surface area is 142 Å². The highest BCUT2D eigenvalue weighted by atomic mass is 16.2. The second-order valence-electron chi connectivity index (χ2n) is 7.28. The molecule has 0 aliphatic carbocycles. The predicted octanol–water partition coefficient (Wildman–Crippen LogP) is 1.73. The lowest BCUT2D eigenvalue weighted by Crippen LogP contribution is -2.33. The minimum Gasteiger partial charge on any atom is -0.338 e. The number of hydrogen-bond acceptors (Lipinski definition) is 4. The van der Waals surface area contributed by atoms with Gasteiger partial charge in [0.1, 0.15) is 5.56 Å². The van der Waals surface area contributed by atoms with Gasteiger partial charge >= 0.3 is 0 Å². The number of aryl methyl sites for hydroxylation is 3. The van der Waals surface area contributed by atoms with E-state index in [2.05, 4.69) is 15.4 Å². The number of nitrogens with zero attached hydrogens (tertiary/aromatic N) is 4. The van der Waals surface area contributed by atoms with Crippen molar-refractivity contribution >= 4 is 11.6 Å². The molecule has 0 aromatic carbocycles. The van der Waals surface area contributed by atoms with Crippen LogP contribution in [0.15, 0.2) is 6.07 Å². The molecule has 0 radical (unpaired) electrons. The van der Waals surface area contributed by atoms with Gasteiger partial charge in [-0.1, -0.05) is 0 Å². The van der Waals surface area contributed by atoms with Crippen LogP contribution in [0.5, 0.6) is 0 Å². The SMILES string of the molecule is Cc1cc(C)n2nc(C)c(C(=O)N3CC[C@@H]4CNC[C@@H]4CC3)c2n1. The Morgan fingerprint density at radius 2 is 1.83 bits per heavy atom. The van der Waals surface area contributed by atoms with E-state index in [9.17, 15) is 4.79 Å². The van der Waals surface area contributed by atoms with Crippen molar-refractivity contribution in [3.8, 4) is 0 Å². The molecule has 4 rings (SSSR count). The molecule has 6 heteroatoms. The first-order chi connectivity index (χ1) is 11.5. The third kappa shape index (κ3) is 2.49. The molecule has 2 aromatic rings. The molecule has 1 amide bonds. The van der Waals surface area contributed by atoms with Crippen LogP contribution in [0.2, 0.25) is 0 Å². The second-order valence-corrected chi connectivity index (χ2v) is 7.28. The molecule has 0 spiro atoms. The predicted molar refractivity (Wildman–Crippen MR) is 92.2 cm³/mol. The lowest BCUT2D eigenvalue weighted by Gasteiger charge is -2.20. The Morgan fingerprint density at radius 1 is 1.17 bits per heavy atom. The van der Waals surface area contributed by atoms with Crippen molar-refractivity contribution in [1.82, 2.24) is 24.8 Å². The number of hydrogen-bond donors (Lipinski definition) is 1. The minimum atomic E-state index is 0.0907. The van der Waals surface area contributed by atoms with Crippen LogP contribution in [0, 0.1) is 32.6 Å². The summed E-state index contributed by atoms with van der Waals surface area (Å²) in [4.78, 5) is 19.8. The summed E-state index contributed by atoms with van der Waals surface area (Å²) >= 11 is 0. The third-order valence-electron chi connectivity index (χ3n) is 5.59. The van der Waals surface area contributed by atoms with E-state index in [4.69, 9.17) is 0 Å². The van der Waals surface area contributed by atoms with Crippen molar-refractivity contribution in [2.75, 3.05) is 26.2 Å². The Kier molecular flexibility index (Phi) is 3.79. The third-order valence-corrected chi connectivity index (χ3v) is 5.59. The van der Waals surface area contributed by atoms with Gasteiger partial charge in [-0.05, 0) is 64.6 Å². The van der Waals surface area contributed by atoms with Gasteiger partial charge in [-0.2, -0.15) is 5.10 Å². The molecule has 1 N–H and O–H groups in total. The summed E-state index contributed by atoms with van der Waals surface area (Å²) in [6, 6.07) is 1.99. The molecular formula is C18H25N5O. The summed E-state index contributed by atoms with van der Waals surface area (Å²) < 4.78 is 1.80. The first kappa shape index (κ1) is 15.6. The summed E-state index contributed by atoms with van der Waals surface area (Å²) in [6.07, 6.45) is 2.18. The lowest BCUT2D eigenvalue weighted by atomic mass is 9.92. The highest BCUT2D eigenvalue weighted by Crippen LogP contribution is 2.28. The summed E-state index contributed by atoms with van der Waals surface area (Å²) in [7, 11) is 0. The fraction of sp³-hybridized carbons (Fsp3) is 0.611. The van der Waals surface area contributed by atoms with E-state index in [-0.39, 0.29) is 5.91 Å². The maximum Gasteiger partial charge on any atom is 0.259 e. The van der Waals surface area contributed by atoms with Crippen LogP contribution in [0.1, 0.15) is 40.3 Å². The largest absolute Gasteiger partial charge is 0.338 e. The monoisotopic (exact) mass is 327 g/mol. The maximum absolute atomic E-state index is 13.2. The Morgan fingerprint density at radius 3 is 2.50 bits per heavy atom.